The van der Waals surface area contributed by atoms with Gasteiger partial charge in [-0.3, -0.25) is 9.78 Å². The third-order valence-electron chi connectivity index (χ3n) is 3.36. The van der Waals surface area contributed by atoms with Crippen LogP contribution in [0, 0.1) is 0 Å². The Morgan fingerprint density at radius 1 is 1.38 bits per heavy atom. The van der Waals surface area contributed by atoms with Crippen LogP contribution in [0.2, 0.25) is 0 Å². The first kappa shape index (κ1) is 13.6. The molecule has 0 atom stereocenters. The van der Waals surface area contributed by atoms with Crippen LogP contribution in [0.1, 0.15) is 17.4 Å². The fraction of sp³-hybridized carbons (Fsp3) is 0.200. The van der Waals surface area contributed by atoms with Gasteiger partial charge in [-0.25, -0.2) is 4.98 Å². The Morgan fingerprint density at radius 3 is 3.05 bits per heavy atom. The Morgan fingerprint density at radius 2 is 2.24 bits per heavy atom. The quantitative estimate of drug-likeness (QED) is 0.647. The summed E-state index contributed by atoms with van der Waals surface area (Å²) in [6.45, 7) is 2.79. The molecule has 0 amide bonds. The van der Waals surface area contributed by atoms with Gasteiger partial charge in [0.05, 0.1) is 17.4 Å². The molecule has 3 rings (SSSR count). The number of nitrogens with zero attached hydrogens (tertiary/aromatic N) is 1. The van der Waals surface area contributed by atoms with Crippen molar-refractivity contribution >= 4 is 33.9 Å². The third kappa shape index (κ3) is 2.75. The Labute approximate surface area is 125 Å². The van der Waals surface area contributed by atoms with Crippen LogP contribution in [0.5, 0.6) is 0 Å². The highest BCUT2D eigenvalue weighted by atomic mass is 32.1. The molecule has 3 aromatic rings. The van der Waals surface area contributed by atoms with Gasteiger partial charge >= 0.3 is 0 Å². The van der Waals surface area contributed by atoms with E-state index in [1.165, 1.54) is 10.4 Å². The number of benzene rings is 1. The SMILES string of the molecule is CCc1ccsc1CNc1nc2ccc(N)cc2c(=O)[nH]1. The lowest BCUT2D eigenvalue weighted by molar-refractivity contribution is 1.04. The minimum Gasteiger partial charge on any atom is -0.399 e. The molecule has 1 aromatic carbocycles. The van der Waals surface area contributed by atoms with Crippen molar-refractivity contribution in [3.05, 3.63) is 50.4 Å². The fourth-order valence-corrected chi connectivity index (χ4v) is 3.16. The number of H-pyrrole nitrogens is 1. The number of hydrogen-bond donors (Lipinski definition) is 3. The van der Waals surface area contributed by atoms with Crippen LogP contribution >= 0.6 is 11.3 Å². The van der Waals surface area contributed by atoms with Crippen molar-refractivity contribution in [3.63, 3.8) is 0 Å². The summed E-state index contributed by atoms with van der Waals surface area (Å²) in [7, 11) is 0. The smallest absolute Gasteiger partial charge is 0.260 e. The fourth-order valence-electron chi connectivity index (χ4n) is 2.24. The predicted molar refractivity (Wildman–Crippen MR) is 87.8 cm³/mol. The molecule has 2 heterocycles. The second-order valence-corrected chi connectivity index (χ2v) is 5.77. The molecule has 0 saturated carbocycles. The topological polar surface area (TPSA) is 83.8 Å². The first-order valence-electron chi connectivity index (χ1n) is 6.76. The molecule has 4 N–H and O–H groups in total. The van der Waals surface area contributed by atoms with Gasteiger partial charge < -0.3 is 11.1 Å². The van der Waals surface area contributed by atoms with E-state index in [2.05, 4.69) is 33.7 Å². The summed E-state index contributed by atoms with van der Waals surface area (Å²) >= 11 is 1.70. The summed E-state index contributed by atoms with van der Waals surface area (Å²) < 4.78 is 0. The number of nitrogen functional groups attached to an aromatic ring is 1. The molecule has 0 bridgehead atoms. The zero-order valence-corrected chi connectivity index (χ0v) is 12.5. The lowest BCUT2D eigenvalue weighted by Crippen LogP contribution is -2.13. The zero-order chi connectivity index (χ0) is 14.8. The summed E-state index contributed by atoms with van der Waals surface area (Å²) in [6.07, 6.45) is 1.00. The molecular formula is C15H16N4OS. The van der Waals surface area contributed by atoms with E-state index in [4.69, 9.17) is 5.73 Å². The minimum absolute atomic E-state index is 0.184. The molecule has 2 aromatic heterocycles. The van der Waals surface area contributed by atoms with Crippen molar-refractivity contribution in [2.45, 2.75) is 19.9 Å². The number of hydrogen-bond acceptors (Lipinski definition) is 5. The van der Waals surface area contributed by atoms with E-state index in [0.29, 0.717) is 29.1 Å². The van der Waals surface area contributed by atoms with Crippen LogP contribution in [-0.2, 0) is 13.0 Å². The summed E-state index contributed by atoms with van der Waals surface area (Å²) in [6, 6.07) is 7.27. The third-order valence-corrected chi connectivity index (χ3v) is 4.33. The number of aryl methyl sites for hydroxylation is 1. The van der Waals surface area contributed by atoms with Crippen LogP contribution in [0.25, 0.3) is 10.9 Å². The number of aromatic amines is 1. The van der Waals surface area contributed by atoms with Gasteiger partial charge in [-0.05, 0) is 41.6 Å². The van der Waals surface area contributed by atoms with Crippen molar-refractivity contribution in [1.29, 1.82) is 0 Å². The van der Waals surface area contributed by atoms with E-state index < -0.39 is 0 Å². The maximum Gasteiger partial charge on any atom is 0.260 e. The van der Waals surface area contributed by atoms with Gasteiger partial charge in [0.15, 0.2) is 0 Å². The largest absolute Gasteiger partial charge is 0.399 e. The second-order valence-electron chi connectivity index (χ2n) is 4.77. The first-order chi connectivity index (χ1) is 10.2. The molecule has 0 fully saturated rings. The molecule has 5 nitrogen and oxygen atoms in total. The van der Waals surface area contributed by atoms with Crippen LogP contribution in [-0.4, -0.2) is 9.97 Å². The number of thiophene rings is 1. The van der Waals surface area contributed by atoms with E-state index in [0.717, 1.165) is 6.42 Å². The van der Waals surface area contributed by atoms with E-state index in [1.54, 1.807) is 29.5 Å². The standard InChI is InChI=1S/C15H16N4OS/c1-2-9-5-6-21-13(9)8-17-15-18-12-4-3-10(16)7-11(12)14(20)19-15/h3-7H,2,8,16H2,1H3,(H2,17,18,19,20). The van der Waals surface area contributed by atoms with Crippen molar-refractivity contribution in [1.82, 2.24) is 9.97 Å². The van der Waals surface area contributed by atoms with Gasteiger partial charge in [0.2, 0.25) is 5.95 Å². The molecule has 108 valence electrons. The maximum atomic E-state index is 12.0. The molecule has 0 aliphatic carbocycles. The molecule has 6 heteroatoms. The lowest BCUT2D eigenvalue weighted by Gasteiger charge is -2.07. The molecule has 0 spiro atoms. The Kier molecular flexibility index (Phi) is 3.62. The molecule has 0 saturated heterocycles. The van der Waals surface area contributed by atoms with Crippen molar-refractivity contribution in [2.24, 2.45) is 0 Å². The van der Waals surface area contributed by atoms with Crippen LogP contribution in [0.15, 0.2) is 34.4 Å². The van der Waals surface area contributed by atoms with Crippen LogP contribution < -0.4 is 16.6 Å². The highest BCUT2D eigenvalue weighted by molar-refractivity contribution is 7.10. The second kappa shape index (κ2) is 5.57. The van der Waals surface area contributed by atoms with Gasteiger partial charge in [-0.1, -0.05) is 6.92 Å². The van der Waals surface area contributed by atoms with Gasteiger partial charge in [-0.15, -0.1) is 11.3 Å². The molecule has 0 aliphatic heterocycles. The van der Waals surface area contributed by atoms with E-state index in [1.807, 2.05) is 0 Å². The number of nitrogens with one attached hydrogen (secondary N) is 2. The van der Waals surface area contributed by atoms with Crippen LogP contribution in [0.4, 0.5) is 11.6 Å². The molecule has 0 aliphatic rings. The number of anilines is 2. The average molecular weight is 300 g/mol. The zero-order valence-electron chi connectivity index (χ0n) is 11.6. The van der Waals surface area contributed by atoms with Crippen molar-refractivity contribution in [3.8, 4) is 0 Å². The van der Waals surface area contributed by atoms with Gasteiger partial charge in [0.1, 0.15) is 0 Å². The van der Waals surface area contributed by atoms with E-state index >= 15 is 0 Å². The first-order valence-corrected chi connectivity index (χ1v) is 7.64. The van der Waals surface area contributed by atoms with Crippen molar-refractivity contribution in [2.75, 3.05) is 11.1 Å². The molecule has 21 heavy (non-hydrogen) atoms. The average Bonchev–Trinajstić information content (AvgIpc) is 2.93. The lowest BCUT2D eigenvalue weighted by atomic mass is 10.2. The predicted octanol–water partition coefficient (Wildman–Crippen LogP) is 2.74. The Bertz CT molecular complexity index is 837. The minimum atomic E-state index is -0.184. The van der Waals surface area contributed by atoms with E-state index in [9.17, 15) is 4.79 Å². The van der Waals surface area contributed by atoms with Crippen molar-refractivity contribution < 1.29 is 0 Å². The molecular weight excluding hydrogens is 284 g/mol. The highest BCUT2D eigenvalue weighted by Crippen LogP contribution is 2.19. The Hall–Kier alpha value is -2.34. The monoisotopic (exact) mass is 300 g/mol. The normalized spacial score (nSPS) is 10.9. The number of fused-ring (bicyclic) bond motifs is 1. The number of rotatable bonds is 4. The molecule has 0 radical (unpaired) electrons. The maximum absolute atomic E-state index is 12.0. The summed E-state index contributed by atoms with van der Waals surface area (Å²) in [5, 5.41) is 5.77. The van der Waals surface area contributed by atoms with Gasteiger partial charge in [0, 0.05) is 10.6 Å². The summed E-state index contributed by atoms with van der Waals surface area (Å²) in [5.74, 6) is 0.479. The van der Waals surface area contributed by atoms with Gasteiger partial charge in [0.25, 0.3) is 5.56 Å². The number of aromatic nitrogens is 2. The summed E-state index contributed by atoms with van der Waals surface area (Å²) in [4.78, 5) is 20.5. The molecule has 0 unspecified atom stereocenters. The van der Waals surface area contributed by atoms with Gasteiger partial charge in [-0.2, -0.15) is 0 Å². The highest BCUT2D eigenvalue weighted by Gasteiger charge is 2.06. The Balaban J connectivity index is 1.88. The van der Waals surface area contributed by atoms with E-state index in [-0.39, 0.29) is 5.56 Å². The van der Waals surface area contributed by atoms with Crippen LogP contribution in [0.3, 0.4) is 0 Å². The number of nitrogens with two attached hydrogens (primary N) is 1. The summed E-state index contributed by atoms with van der Waals surface area (Å²) in [5.41, 5.74) is 8.02.